The Bertz CT molecular complexity index is 220. The molecule has 7 heteroatoms. The summed E-state index contributed by atoms with van der Waals surface area (Å²) in [6.45, 7) is 1.48. The third-order valence-corrected chi connectivity index (χ3v) is 5.20. The molecular formula is C7H12O6Si. The molecule has 0 unspecified atom stereocenters. The van der Waals surface area contributed by atoms with Crippen LogP contribution in [0.15, 0.2) is 0 Å². The Morgan fingerprint density at radius 1 is 0.857 bits per heavy atom. The Kier molecular flexibility index (Phi) is 4.28. The topological polar surface area (TPSA) is 112 Å². The van der Waals surface area contributed by atoms with Crippen LogP contribution in [0.5, 0.6) is 0 Å². The number of hydrogen-bond acceptors (Lipinski definition) is 3. The van der Waals surface area contributed by atoms with E-state index in [1.54, 1.807) is 0 Å². The van der Waals surface area contributed by atoms with E-state index in [0.717, 1.165) is 0 Å². The lowest BCUT2D eigenvalue weighted by atomic mass is 10.8. The van der Waals surface area contributed by atoms with Crippen LogP contribution in [0.25, 0.3) is 0 Å². The molecule has 3 N–H and O–H groups in total. The van der Waals surface area contributed by atoms with Crippen LogP contribution in [0.3, 0.4) is 0 Å². The summed E-state index contributed by atoms with van der Waals surface area (Å²) in [4.78, 5) is 31.3. The molecule has 0 amide bonds. The smallest absolute Gasteiger partial charge is 0.300 e. The van der Waals surface area contributed by atoms with Crippen LogP contribution < -0.4 is 0 Å². The molecule has 0 bridgehead atoms. The lowest BCUT2D eigenvalue weighted by molar-refractivity contribution is -0.134. The zero-order valence-corrected chi connectivity index (χ0v) is 8.69. The number of aliphatic carboxylic acids is 3. The Morgan fingerprint density at radius 2 is 1.07 bits per heavy atom. The molecule has 6 nitrogen and oxygen atoms in total. The maximum atomic E-state index is 10.4. The highest BCUT2D eigenvalue weighted by atomic mass is 28.3. The van der Waals surface area contributed by atoms with Crippen LogP contribution >= 0.6 is 0 Å². The molecule has 80 valence electrons. The molecule has 0 saturated heterocycles. The van der Waals surface area contributed by atoms with E-state index in [1.807, 2.05) is 0 Å². The predicted octanol–water partition coefficient (Wildman–Crippen LogP) is 0.319. The first-order valence-corrected chi connectivity index (χ1v) is 7.03. The van der Waals surface area contributed by atoms with Crippen molar-refractivity contribution in [2.24, 2.45) is 0 Å². The number of rotatable bonds is 6. The molecule has 0 heterocycles. The van der Waals surface area contributed by atoms with Crippen molar-refractivity contribution >= 4 is 26.0 Å². The molecule has 0 aliphatic rings. The van der Waals surface area contributed by atoms with Crippen molar-refractivity contribution in [2.75, 3.05) is 0 Å². The first-order chi connectivity index (χ1) is 6.25. The second-order valence-electron chi connectivity index (χ2n) is 3.52. The minimum Gasteiger partial charge on any atom is -0.481 e. The Balaban J connectivity index is 4.56. The van der Waals surface area contributed by atoms with Gasteiger partial charge in [0.05, 0.1) is 8.07 Å². The third kappa shape index (κ3) is 5.30. The molecule has 0 aromatic rings. The minimum absolute atomic E-state index is 0.328. The Hall–Kier alpha value is -1.37. The quantitative estimate of drug-likeness (QED) is 0.556. The average Bonchev–Trinajstić information content (AvgIpc) is 1.76. The van der Waals surface area contributed by atoms with Crippen LogP contribution in [0, 0.1) is 0 Å². The standard InChI is InChI=1S/C7H12O6Si/c1-14(2-5(8)9,3-6(10)11)4-7(12)13/h2-4H2,1H3,(H,8,9)(H,10,11)(H,12,13). The lowest BCUT2D eigenvalue weighted by Crippen LogP contribution is -2.37. The second kappa shape index (κ2) is 4.75. The summed E-state index contributed by atoms with van der Waals surface area (Å²) in [5.41, 5.74) is 0. The molecule has 0 aliphatic heterocycles. The van der Waals surface area contributed by atoms with E-state index >= 15 is 0 Å². The van der Waals surface area contributed by atoms with Crippen molar-refractivity contribution in [3.05, 3.63) is 0 Å². The van der Waals surface area contributed by atoms with Crippen LogP contribution in [0.1, 0.15) is 0 Å². The summed E-state index contributed by atoms with van der Waals surface area (Å²) < 4.78 is 0. The van der Waals surface area contributed by atoms with Gasteiger partial charge in [0.25, 0.3) is 0 Å². The Morgan fingerprint density at radius 3 is 1.21 bits per heavy atom. The highest BCUT2D eigenvalue weighted by Gasteiger charge is 2.35. The van der Waals surface area contributed by atoms with Gasteiger partial charge in [-0.25, -0.2) is 0 Å². The largest absolute Gasteiger partial charge is 0.481 e. The molecule has 14 heavy (non-hydrogen) atoms. The maximum absolute atomic E-state index is 10.4. The number of carboxylic acid groups (broad SMARTS) is 3. The van der Waals surface area contributed by atoms with Gasteiger partial charge in [0, 0.05) is 18.1 Å². The minimum atomic E-state index is -2.74. The van der Waals surface area contributed by atoms with E-state index in [-0.39, 0.29) is 18.1 Å². The van der Waals surface area contributed by atoms with Crippen molar-refractivity contribution in [1.82, 2.24) is 0 Å². The van der Waals surface area contributed by atoms with Gasteiger partial charge in [-0.2, -0.15) is 0 Å². The number of carbonyl (C=O) groups is 3. The van der Waals surface area contributed by atoms with Crippen LogP contribution in [-0.4, -0.2) is 41.3 Å². The van der Waals surface area contributed by atoms with Crippen LogP contribution in [-0.2, 0) is 14.4 Å². The van der Waals surface area contributed by atoms with Gasteiger partial charge in [-0.05, 0) is 0 Å². The zero-order valence-electron chi connectivity index (χ0n) is 7.69. The van der Waals surface area contributed by atoms with Crippen molar-refractivity contribution in [3.8, 4) is 0 Å². The normalized spacial score (nSPS) is 10.9. The summed E-state index contributed by atoms with van der Waals surface area (Å²) in [7, 11) is -2.74. The third-order valence-electron chi connectivity index (χ3n) is 1.73. The van der Waals surface area contributed by atoms with Gasteiger partial charge in [-0.3, -0.25) is 14.4 Å². The lowest BCUT2D eigenvalue weighted by Gasteiger charge is -2.20. The molecule has 0 saturated carbocycles. The fraction of sp³-hybridized carbons (Fsp3) is 0.571. The molecule has 0 spiro atoms. The number of carboxylic acids is 3. The van der Waals surface area contributed by atoms with Gasteiger partial charge in [0.2, 0.25) is 0 Å². The predicted molar refractivity (Wildman–Crippen MR) is 48.9 cm³/mol. The summed E-state index contributed by atoms with van der Waals surface area (Å²) in [5.74, 6) is -3.41. The van der Waals surface area contributed by atoms with Gasteiger partial charge >= 0.3 is 17.9 Å². The van der Waals surface area contributed by atoms with E-state index in [4.69, 9.17) is 15.3 Å². The zero-order chi connectivity index (χ0) is 11.4. The van der Waals surface area contributed by atoms with Crippen molar-refractivity contribution in [2.45, 2.75) is 24.7 Å². The van der Waals surface area contributed by atoms with Gasteiger partial charge < -0.3 is 15.3 Å². The van der Waals surface area contributed by atoms with E-state index in [9.17, 15) is 14.4 Å². The van der Waals surface area contributed by atoms with E-state index in [1.165, 1.54) is 6.55 Å². The van der Waals surface area contributed by atoms with Gasteiger partial charge in [0.15, 0.2) is 0 Å². The summed E-state index contributed by atoms with van der Waals surface area (Å²) >= 11 is 0. The summed E-state index contributed by atoms with van der Waals surface area (Å²) in [6, 6.07) is -0.983. The molecule has 0 atom stereocenters. The van der Waals surface area contributed by atoms with Crippen LogP contribution in [0.2, 0.25) is 24.7 Å². The number of hydrogen-bond donors (Lipinski definition) is 3. The van der Waals surface area contributed by atoms with Gasteiger partial charge in [-0.15, -0.1) is 0 Å². The second-order valence-corrected chi connectivity index (χ2v) is 8.20. The molecule has 0 aliphatic carbocycles. The molecule has 0 radical (unpaired) electrons. The highest BCUT2D eigenvalue weighted by molar-refractivity contribution is 6.85. The molecule has 0 rings (SSSR count). The summed E-state index contributed by atoms with van der Waals surface area (Å²) in [6.07, 6.45) is 0. The first kappa shape index (κ1) is 12.6. The Labute approximate surface area is 81.2 Å². The molecular weight excluding hydrogens is 208 g/mol. The van der Waals surface area contributed by atoms with E-state index in [2.05, 4.69) is 0 Å². The van der Waals surface area contributed by atoms with E-state index in [0.29, 0.717) is 0 Å². The van der Waals surface area contributed by atoms with Gasteiger partial charge in [0.1, 0.15) is 0 Å². The molecule has 0 aromatic carbocycles. The van der Waals surface area contributed by atoms with Crippen molar-refractivity contribution in [3.63, 3.8) is 0 Å². The monoisotopic (exact) mass is 220 g/mol. The first-order valence-electron chi connectivity index (χ1n) is 3.90. The SMILES string of the molecule is C[Si](CC(=O)O)(CC(=O)O)CC(=O)O. The van der Waals surface area contributed by atoms with Crippen LogP contribution in [0.4, 0.5) is 0 Å². The molecule has 0 fully saturated rings. The van der Waals surface area contributed by atoms with Gasteiger partial charge in [-0.1, -0.05) is 6.55 Å². The fourth-order valence-electron chi connectivity index (χ4n) is 1.28. The summed E-state index contributed by atoms with van der Waals surface area (Å²) in [5, 5.41) is 25.6. The fourth-order valence-corrected chi connectivity index (χ4v) is 3.85. The molecule has 0 aromatic heterocycles. The van der Waals surface area contributed by atoms with Crippen molar-refractivity contribution in [1.29, 1.82) is 0 Å². The van der Waals surface area contributed by atoms with E-state index < -0.39 is 26.0 Å². The maximum Gasteiger partial charge on any atom is 0.300 e. The average molecular weight is 220 g/mol. The van der Waals surface area contributed by atoms with Crippen molar-refractivity contribution < 1.29 is 29.7 Å². The highest BCUT2D eigenvalue weighted by Crippen LogP contribution is 2.20.